The van der Waals surface area contributed by atoms with Crippen molar-refractivity contribution in [3.63, 3.8) is 0 Å². The second-order valence-corrected chi connectivity index (χ2v) is 7.72. The lowest BCUT2D eigenvalue weighted by Crippen LogP contribution is -2.87. The number of anilines is 1. The van der Waals surface area contributed by atoms with Gasteiger partial charge < -0.3 is 11.1 Å². The van der Waals surface area contributed by atoms with Crippen LogP contribution in [0, 0.1) is 6.92 Å². The number of hydrogen-bond acceptors (Lipinski definition) is 4. The van der Waals surface area contributed by atoms with E-state index in [-0.39, 0.29) is 24.0 Å². The topological polar surface area (TPSA) is 104 Å². The highest BCUT2D eigenvalue weighted by molar-refractivity contribution is 6.00. The summed E-state index contributed by atoms with van der Waals surface area (Å²) in [5.74, 6) is -0.448. The van der Waals surface area contributed by atoms with Crippen LogP contribution in [0.2, 0.25) is 0 Å². The van der Waals surface area contributed by atoms with E-state index in [9.17, 15) is 14.4 Å². The Morgan fingerprint density at radius 1 is 1.03 bits per heavy atom. The number of Topliss-reactive ketones (excluding diaryl/α,β-unsaturated/α-hetero) is 1. The van der Waals surface area contributed by atoms with Gasteiger partial charge in [-0.1, -0.05) is 67.1 Å². The Balaban J connectivity index is 1.94. The molecule has 0 fully saturated rings. The maximum absolute atomic E-state index is 13.1. The molecule has 162 valence electrons. The van der Waals surface area contributed by atoms with Crippen molar-refractivity contribution >= 4 is 11.6 Å². The molecule has 7 nitrogen and oxygen atoms in total. The number of carbonyl (C=O) groups excluding carboxylic acids is 1. The van der Waals surface area contributed by atoms with Crippen LogP contribution in [0.1, 0.15) is 46.4 Å². The first-order valence-electron chi connectivity index (χ1n) is 10.4. The molecule has 0 saturated carbocycles. The molecule has 3 rings (SSSR count). The van der Waals surface area contributed by atoms with Gasteiger partial charge >= 0.3 is 5.69 Å². The largest absolute Gasteiger partial charge is 0.384 e. The second kappa shape index (κ2) is 9.57. The fourth-order valence-corrected chi connectivity index (χ4v) is 3.71. The predicted octanol–water partition coefficient (Wildman–Crippen LogP) is 1.38. The molecule has 0 unspecified atom stereocenters. The van der Waals surface area contributed by atoms with Crippen molar-refractivity contribution in [3.05, 3.63) is 97.7 Å². The SMILES string of the molecule is CCCn1c(N)c(C(=O)C[NH2+][C@@H](c2ccccc2)c2ccc(C)cc2)c(=O)n(C)c1=O. The Bertz CT molecular complexity index is 1180. The highest BCUT2D eigenvalue weighted by Crippen LogP contribution is 2.18. The number of ketones is 1. The maximum Gasteiger partial charge on any atom is 0.332 e. The van der Waals surface area contributed by atoms with Gasteiger partial charge in [0.2, 0.25) is 5.78 Å². The minimum Gasteiger partial charge on any atom is -0.384 e. The molecule has 0 amide bonds. The van der Waals surface area contributed by atoms with Crippen LogP contribution in [0.5, 0.6) is 0 Å². The van der Waals surface area contributed by atoms with E-state index in [1.165, 1.54) is 11.6 Å². The van der Waals surface area contributed by atoms with Crippen LogP contribution >= 0.6 is 0 Å². The molecular weight excluding hydrogens is 392 g/mol. The molecule has 1 heterocycles. The van der Waals surface area contributed by atoms with Gasteiger partial charge in [0.15, 0.2) is 0 Å². The first-order valence-corrected chi connectivity index (χ1v) is 10.4. The third kappa shape index (κ3) is 4.67. The van der Waals surface area contributed by atoms with Crippen LogP contribution in [0.25, 0.3) is 0 Å². The lowest BCUT2D eigenvalue weighted by molar-refractivity contribution is -0.675. The van der Waals surface area contributed by atoms with Gasteiger partial charge in [0.25, 0.3) is 5.56 Å². The second-order valence-electron chi connectivity index (χ2n) is 7.72. The van der Waals surface area contributed by atoms with E-state index in [1.807, 2.05) is 73.8 Å². The zero-order valence-corrected chi connectivity index (χ0v) is 18.2. The summed E-state index contributed by atoms with van der Waals surface area (Å²) in [7, 11) is 1.37. The fourth-order valence-electron chi connectivity index (χ4n) is 3.71. The number of hydrogen-bond donors (Lipinski definition) is 2. The first-order chi connectivity index (χ1) is 14.8. The average molecular weight is 422 g/mol. The van der Waals surface area contributed by atoms with E-state index >= 15 is 0 Å². The highest BCUT2D eigenvalue weighted by atomic mass is 16.2. The summed E-state index contributed by atoms with van der Waals surface area (Å²) in [5.41, 5.74) is 8.08. The van der Waals surface area contributed by atoms with Gasteiger partial charge in [-0.3, -0.25) is 18.7 Å². The number of nitrogens with zero attached hydrogens (tertiary/aromatic N) is 2. The summed E-state index contributed by atoms with van der Waals surface area (Å²) in [4.78, 5) is 38.1. The van der Waals surface area contributed by atoms with Gasteiger partial charge in [-0.15, -0.1) is 0 Å². The number of aryl methyl sites for hydroxylation is 1. The molecule has 31 heavy (non-hydrogen) atoms. The molecule has 7 heteroatoms. The molecule has 0 saturated heterocycles. The van der Waals surface area contributed by atoms with Crippen LogP contribution in [0.4, 0.5) is 5.82 Å². The number of quaternary nitrogens is 1. The minimum atomic E-state index is -0.653. The predicted molar refractivity (Wildman–Crippen MR) is 121 cm³/mol. The molecular formula is C24H29N4O3+. The zero-order valence-electron chi connectivity index (χ0n) is 18.2. The Morgan fingerprint density at radius 2 is 1.65 bits per heavy atom. The van der Waals surface area contributed by atoms with Crippen molar-refractivity contribution in [2.45, 2.75) is 32.9 Å². The Kier molecular flexibility index (Phi) is 6.87. The van der Waals surface area contributed by atoms with Crippen LogP contribution < -0.4 is 22.3 Å². The molecule has 0 bridgehead atoms. The van der Waals surface area contributed by atoms with Gasteiger partial charge in [0.1, 0.15) is 24.0 Å². The molecule has 2 aromatic carbocycles. The number of benzene rings is 2. The van der Waals surface area contributed by atoms with Gasteiger partial charge in [0, 0.05) is 24.7 Å². The Morgan fingerprint density at radius 3 is 2.26 bits per heavy atom. The number of aromatic nitrogens is 2. The minimum absolute atomic E-state index is 0.0250. The van der Waals surface area contributed by atoms with Crippen molar-refractivity contribution in [1.82, 2.24) is 9.13 Å². The van der Waals surface area contributed by atoms with E-state index in [0.717, 1.165) is 21.3 Å². The van der Waals surface area contributed by atoms with Crippen molar-refractivity contribution in [2.24, 2.45) is 7.05 Å². The number of carbonyl (C=O) groups is 1. The van der Waals surface area contributed by atoms with Crippen LogP contribution in [-0.2, 0) is 13.6 Å². The van der Waals surface area contributed by atoms with Crippen LogP contribution in [0.15, 0.2) is 64.2 Å². The zero-order chi connectivity index (χ0) is 22.5. The third-order valence-electron chi connectivity index (χ3n) is 5.44. The van der Waals surface area contributed by atoms with Gasteiger partial charge in [-0.05, 0) is 13.3 Å². The summed E-state index contributed by atoms with van der Waals surface area (Å²) >= 11 is 0. The monoisotopic (exact) mass is 421 g/mol. The maximum atomic E-state index is 13.1. The summed E-state index contributed by atoms with van der Waals surface area (Å²) in [6.07, 6.45) is 0.658. The van der Waals surface area contributed by atoms with Crippen molar-refractivity contribution in [3.8, 4) is 0 Å². The number of rotatable bonds is 8. The van der Waals surface area contributed by atoms with Gasteiger partial charge in [-0.25, -0.2) is 4.79 Å². The lowest BCUT2D eigenvalue weighted by atomic mass is 9.97. The molecule has 4 N–H and O–H groups in total. The molecule has 1 atom stereocenters. The van der Waals surface area contributed by atoms with Crippen LogP contribution in [0.3, 0.4) is 0 Å². The molecule has 0 aliphatic carbocycles. The first kappa shape index (κ1) is 22.2. The Hall–Kier alpha value is -3.45. The van der Waals surface area contributed by atoms with E-state index in [2.05, 4.69) is 0 Å². The summed E-state index contributed by atoms with van der Waals surface area (Å²) in [5, 5.41) is 1.90. The summed E-state index contributed by atoms with van der Waals surface area (Å²) in [6.45, 7) is 4.30. The molecule has 0 radical (unpaired) electrons. The molecule has 1 aromatic heterocycles. The van der Waals surface area contributed by atoms with E-state index in [0.29, 0.717) is 13.0 Å². The van der Waals surface area contributed by atoms with E-state index in [4.69, 9.17) is 5.73 Å². The van der Waals surface area contributed by atoms with E-state index < -0.39 is 17.0 Å². The van der Waals surface area contributed by atoms with Crippen molar-refractivity contribution < 1.29 is 10.1 Å². The Labute approximate surface area is 181 Å². The normalized spacial score (nSPS) is 12.0. The number of nitrogens with two attached hydrogens (primary N) is 2. The van der Waals surface area contributed by atoms with Crippen molar-refractivity contribution in [1.29, 1.82) is 0 Å². The smallest absolute Gasteiger partial charge is 0.332 e. The fraction of sp³-hybridized carbons (Fsp3) is 0.292. The molecule has 0 aliphatic rings. The van der Waals surface area contributed by atoms with Gasteiger partial charge in [0.05, 0.1) is 0 Å². The molecule has 0 spiro atoms. The lowest BCUT2D eigenvalue weighted by Gasteiger charge is -2.17. The molecule has 0 aliphatic heterocycles. The van der Waals surface area contributed by atoms with E-state index in [1.54, 1.807) is 0 Å². The van der Waals surface area contributed by atoms with Gasteiger partial charge in [-0.2, -0.15) is 0 Å². The third-order valence-corrected chi connectivity index (χ3v) is 5.44. The van der Waals surface area contributed by atoms with Crippen LogP contribution in [-0.4, -0.2) is 21.5 Å². The number of nitrogen functional groups attached to an aromatic ring is 1. The summed E-state index contributed by atoms with van der Waals surface area (Å²) in [6, 6.07) is 17.9. The quantitative estimate of drug-likeness (QED) is 0.536. The van der Waals surface area contributed by atoms with Crippen molar-refractivity contribution in [2.75, 3.05) is 12.3 Å². The molecule has 3 aromatic rings. The standard InChI is InChI=1S/C24H28N4O3/c1-4-14-28-22(25)20(23(30)27(3)24(28)31)19(29)15-26-21(17-8-6-5-7-9-17)18-12-10-16(2)11-13-18/h5-13,21,26H,4,14-15,25H2,1-3H3/p+1/t21-/m0/s1. The highest BCUT2D eigenvalue weighted by Gasteiger charge is 2.25. The average Bonchev–Trinajstić information content (AvgIpc) is 2.77. The summed E-state index contributed by atoms with van der Waals surface area (Å²) < 4.78 is 2.25.